The number of anilines is 6. The van der Waals surface area contributed by atoms with Gasteiger partial charge in [-0.1, -0.05) is 200 Å². The minimum absolute atomic E-state index is 0.821. The molecule has 0 spiro atoms. The normalized spacial score (nSPS) is 11.6. The summed E-state index contributed by atoms with van der Waals surface area (Å²) in [5, 5.41) is 8.96. The van der Waals surface area contributed by atoms with Crippen LogP contribution in [0.3, 0.4) is 0 Å². The molecule has 0 aliphatic heterocycles. The Bertz CT molecular complexity index is 4360. The zero-order valence-electron chi connectivity index (χ0n) is 39.1. The van der Waals surface area contributed by atoms with Gasteiger partial charge in [-0.15, -0.1) is 0 Å². The first kappa shape index (κ1) is 41.3. The second-order valence-corrected chi connectivity index (χ2v) is 18.4. The van der Waals surface area contributed by atoms with E-state index in [0.717, 1.165) is 117 Å². The number of furan rings is 2. The van der Waals surface area contributed by atoms with E-state index in [-0.39, 0.29) is 0 Å². The van der Waals surface area contributed by atoms with E-state index in [9.17, 15) is 0 Å². The fourth-order valence-electron chi connectivity index (χ4n) is 10.8. The smallest absolute Gasteiger partial charge is 0.159 e. The summed E-state index contributed by atoms with van der Waals surface area (Å²) in [6.45, 7) is 0. The monoisotopic (exact) mass is 920 g/mol. The summed E-state index contributed by atoms with van der Waals surface area (Å²) < 4.78 is 14.0. The van der Waals surface area contributed by atoms with Crippen LogP contribution in [-0.4, -0.2) is 0 Å². The fourth-order valence-corrected chi connectivity index (χ4v) is 10.8. The van der Waals surface area contributed by atoms with Crippen molar-refractivity contribution >= 4 is 99.5 Å². The highest BCUT2D eigenvalue weighted by atomic mass is 16.3. The molecule has 0 unspecified atom stereocenters. The topological polar surface area (TPSA) is 32.8 Å². The molecule has 0 amide bonds. The van der Waals surface area contributed by atoms with Gasteiger partial charge in [0.15, 0.2) is 11.2 Å². The van der Waals surface area contributed by atoms with Gasteiger partial charge in [0.1, 0.15) is 11.2 Å². The van der Waals surface area contributed by atoms with Crippen LogP contribution in [0.25, 0.3) is 98.8 Å². The summed E-state index contributed by atoms with van der Waals surface area (Å²) in [6.07, 6.45) is 0. The predicted molar refractivity (Wildman–Crippen MR) is 302 cm³/mol. The lowest BCUT2D eigenvalue weighted by atomic mass is 9.97. The van der Waals surface area contributed by atoms with Crippen molar-refractivity contribution in [2.24, 2.45) is 0 Å². The quantitative estimate of drug-likeness (QED) is 0.144. The molecule has 2 heterocycles. The van der Waals surface area contributed by atoms with Gasteiger partial charge in [-0.25, -0.2) is 0 Å². The second-order valence-electron chi connectivity index (χ2n) is 18.4. The highest BCUT2D eigenvalue weighted by molar-refractivity contribution is 6.18. The molecule has 14 aromatic rings. The lowest BCUT2D eigenvalue weighted by Crippen LogP contribution is -2.14. The van der Waals surface area contributed by atoms with Crippen LogP contribution in [0.2, 0.25) is 0 Å². The third-order valence-corrected chi connectivity index (χ3v) is 14.2. The largest absolute Gasteiger partial charge is 0.454 e. The Kier molecular flexibility index (Phi) is 9.82. The molecule has 0 radical (unpaired) electrons. The molecule has 4 nitrogen and oxygen atoms in total. The summed E-state index contributed by atoms with van der Waals surface area (Å²) in [5.74, 6) is 0. The molecular weight excluding hydrogens is 877 g/mol. The number of nitrogens with zero attached hydrogens (tertiary/aromatic N) is 2. The lowest BCUT2D eigenvalue weighted by Gasteiger charge is -2.31. The van der Waals surface area contributed by atoms with Crippen LogP contribution in [0.5, 0.6) is 0 Å². The van der Waals surface area contributed by atoms with Crippen LogP contribution >= 0.6 is 0 Å². The molecule has 0 fully saturated rings. The first-order valence-electron chi connectivity index (χ1n) is 24.5. The first-order valence-corrected chi connectivity index (χ1v) is 24.5. The number of hydrogen-bond donors (Lipinski definition) is 0. The van der Waals surface area contributed by atoms with Crippen LogP contribution in [0.15, 0.2) is 276 Å². The minimum atomic E-state index is 0.821. The molecule has 0 saturated carbocycles. The second kappa shape index (κ2) is 17.1. The van der Waals surface area contributed by atoms with Crippen molar-refractivity contribution in [3.05, 3.63) is 267 Å². The summed E-state index contributed by atoms with van der Waals surface area (Å²) >= 11 is 0. The van der Waals surface area contributed by atoms with Crippen molar-refractivity contribution in [2.75, 3.05) is 9.80 Å². The lowest BCUT2D eigenvalue weighted by molar-refractivity contribution is 0.669. The molecule has 4 heteroatoms. The van der Waals surface area contributed by atoms with Gasteiger partial charge in [0.05, 0.1) is 22.7 Å². The van der Waals surface area contributed by atoms with E-state index >= 15 is 0 Å². The Hall–Kier alpha value is -9.64. The SMILES string of the molecule is c1ccc(-c2ccc(N(c3ccccc3-c3ccccc3N(c3cccc(-c4ccc5ccccc5c4)c3)c3cccc4c3oc3ccccc34)c3cccc4c3oc3c5ccccc5ccc43)cc2)cc1. The van der Waals surface area contributed by atoms with Crippen LogP contribution < -0.4 is 9.80 Å². The van der Waals surface area contributed by atoms with Gasteiger partial charge in [-0.2, -0.15) is 0 Å². The molecule has 0 N–H and O–H groups in total. The molecule has 0 aliphatic rings. The van der Waals surface area contributed by atoms with E-state index in [1.165, 1.54) is 16.3 Å². The van der Waals surface area contributed by atoms with Crippen molar-refractivity contribution < 1.29 is 8.83 Å². The number of para-hydroxylation sites is 5. The first-order chi connectivity index (χ1) is 35.7. The van der Waals surface area contributed by atoms with Gasteiger partial charge in [0.25, 0.3) is 0 Å². The number of benzene rings is 12. The number of fused-ring (bicyclic) bond motifs is 9. The maximum absolute atomic E-state index is 7.11. The number of hydrogen-bond acceptors (Lipinski definition) is 4. The van der Waals surface area contributed by atoms with E-state index in [2.05, 4.69) is 271 Å². The molecule has 0 atom stereocenters. The summed E-state index contributed by atoms with van der Waals surface area (Å²) in [4.78, 5) is 4.75. The van der Waals surface area contributed by atoms with Crippen molar-refractivity contribution in [1.29, 1.82) is 0 Å². The summed E-state index contributed by atoms with van der Waals surface area (Å²) in [5.41, 5.74) is 16.0. The van der Waals surface area contributed by atoms with E-state index in [1.54, 1.807) is 0 Å². The van der Waals surface area contributed by atoms with E-state index in [0.29, 0.717) is 0 Å². The summed E-state index contributed by atoms with van der Waals surface area (Å²) in [7, 11) is 0. The van der Waals surface area contributed by atoms with Crippen molar-refractivity contribution in [3.8, 4) is 33.4 Å². The highest BCUT2D eigenvalue weighted by Crippen LogP contribution is 2.51. The van der Waals surface area contributed by atoms with Crippen molar-refractivity contribution in [3.63, 3.8) is 0 Å². The van der Waals surface area contributed by atoms with E-state index < -0.39 is 0 Å². The Morgan fingerprint density at radius 2 is 0.722 bits per heavy atom. The van der Waals surface area contributed by atoms with E-state index in [1.807, 2.05) is 6.07 Å². The molecule has 338 valence electrons. The van der Waals surface area contributed by atoms with Crippen LogP contribution in [0.4, 0.5) is 34.1 Å². The average Bonchev–Trinajstić information content (AvgIpc) is 4.04. The predicted octanol–water partition coefficient (Wildman–Crippen LogP) is 19.7. The fraction of sp³-hybridized carbons (Fsp3) is 0. The summed E-state index contributed by atoms with van der Waals surface area (Å²) in [6, 6.07) is 95.4. The van der Waals surface area contributed by atoms with Crippen LogP contribution in [0, 0.1) is 0 Å². The molecule has 12 aromatic carbocycles. The molecule has 2 aromatic heterocycles. The third kappa shape index (κ3) is 6.92. The zero-order valence-corrected chi connectivity index (χ0v) is 39.1. The average molecular weight is 921 g/mol. The maximum atomic E-state index is 7.11. The zero-order chi connectivity index (χ0) is 47.5. The Balaban J connectivity index is 1.00. The standard InChI is InChI=1S/C68H44N2O2/c1-2-17-45(18-3-1)47-37-40-52(41-38-47)69(64-33-16-29-59-60-42-39-48-20-6-7-24-54(48)66(60)72-68(59)64)61-30-11-8-25-55(61)56-26-9-12-31-62(56)70(63-32-15-28-58-57-27-10-13-34-65(57)71-67(58)63)53-23-14-22-50(44-53)51-36-35-46-19-4-5-21-49(46)43-51/h1-44H. The Morgan fingerprint density at radius 1 is 0.236 bits per heavy atom. The highest BCUT2D eigenvalue weighted by Gasteiger charge is 2.27. The Labute approximate surface area is 416 Å². The molecular formula is C68H44N2O2. The number of rotatable bonds is 9. The van der Waals surface area contributed by atoms with Crippen LogP contribution in [0.1, 0.15) is 0 Å². The van der Waals surface area contributed by atoms with Gasteiger partial charge in [-0.3, -0.25) is 0 Å². The van der Waals surface area contributed by atoms with Crippen LogP contribution in [-0.2, 0) is 0 Å². The Morgan fingerprint density at radius 3 is 1.49 bits per heavy atom. The van der Waals surface area contributed by atoms with Crippen molar-refractivity contribution in [2.45, 2.75) is 0 Å². The van der Waals surface area contributed by atoms with Gasteiger partial charge < -0.3 is 18.6 Å². The molecule has 0 saturated heterocycles. The third-order valence-electron chi connectivity index (χ3n) is 14.2. The van der Waals surface area contributed by atoms with Gasteiger partial charge in [0, 0.05) is 49.4 Å². The molecule has 72 heavy (non-hydrogen) atoms. The minimum Gasteiger partial charge on any atom is -0.454 e. The van der Waals surface area contributed by atoms with Gasteiger partial charge in [0.2, 0.25) is 0 Å². The maximum Gasteiger partial charge on any atom is 0.159 e. The van der Waals surface area contributed by atoms with Gasteiger partial charge in [-0.05, 0) is 105 Å². The van der Waals surface area contributed by atoms with Crippen molar-refractivity contribution in [1.82, 2.24) is 0 Å². The molecule has 0 aliphatic carbocycles. The van der Waals surface area contributed by atoms with E-state index in [4.69, 9.17) is 8.83 Å². The van der Waals surface area contributed by atoms with Gasteiger partial charge >= 0.3 is 0 Å². The molecule has 0 bridgehead atoms. The molecule has 14 rings (SSSR count).